The van der Waals surface area contributed by atoms with Gasteiger partial charge in [-0.05, 0) is 20.7 Å². The van der Waals surface area contributed by atoms with Crippen LogP contribution in [-0.4, -0.2) is 16.9 Å². The van der Waals surface area contributed by atoms with Gasteiger partial charge in [-0.3, -0.25) is 0 Å². The zero-order valence-corrected chi connectivity index (χ0v) is 9.09. The van der Waals surface area contributed by atoms with E-state index in [0.717, 1.165) is 0 Å². The molecule has 0 aromatic heterocycles. The van der Waals surface area contributed by atoms with Crippen LogP contribution in [0, 0.1) is 0 Å². The second-order valence-electron chi connectivity index (χ2n) is 2.87. The van der Waals surface area contributed by atoms with E-state index in [9.17, 15) is 28.9 Å². The molecule has 13 heavy (non-hydrogen) atoms. The lowest BCUT2D eigenvalue weighted by molar-refractivity contribution is -0.327. The van der Waals surface area contributed by atoms with Gasteiger partial charge in [0, 0.05) is 7.37 Å². The van der Waals surface area contributed by atoms with Gasteiger partial charge in [-0.15, -0.1) is 0 Å². The molecule has 0 rings (SSSR count). The lowest BCUT2D eigenvalue weighted by Crippen LogP contribution is -2.41. The highest BCUT2D eigenvalue weighted by Crippen LogP contribution is 2.63. The fourth-order valence-corrected chi connectivity index (χ4v) is 3.80. The van der Waals surface area contributed by atoms with Gasteiger partial charge in [-0.1, -0.05) is 13.3 Å². The van der Waals surface area contributed by atoms with Gasteiger partial charge >= 0.3 is 0 Å². The van der Waals surface area contributed by atoms with Crippen molar-refractivity contribution in [2.75, 3.05) is 6.66 Å². The van der Waals surface area contributed by atoms with Crippen molar-refractivity contribution < 1.29 is 28.9 Å². The summed E-state index contributed by atoms with van der Waals surface area (Å²) in [6, 6.07) is 0. The topological polar surface area (TPSA) is 124 Å². The number of hydrogen-bond donors (Lipinski definition) is 1. The molecule has 0 spiro atoms. The summed E-state index contributed by atoms with van der Waals surface area (Å²) in [4.78, 5) is 32.0. The molecule has 0 aromatic carbocycles. The Kier molecular flexibility index (Phi) is 3.90. The molecule has 0 aromatic rings. The van der Waals surface area contributed by atoms with Crippen molar-refractivity contribution >= 4 is 15.0 Å². The standard InChI is InChI=1S/C5H14O6P2/c1-3-4-5(6,12(2,7)8)13(9,10)11/h6H,3-4H2,1-2H3,(H,7,8)(H2,9,10,11)/p-3. The minimum absolute atomic E-state index is 0.0883. The van der Waals surface area contributed by atoms with Crippen LogP contribution in [-0.2, 0) is 9.13 Å². The molecule has 0 bridgehead atoms. The van der Waals surface area contributed by atoms with Gasteiger partial charge in [0.1, 0.15) is 5.08 Å². The summed E-state index contributed by atoms with van der Waals surface area (Å²) in [5, 5.41) is 6.09. The first-order valence-electron chi connectivity index (χ1n) is 3.59. The monoisotopic (exact) mass is 229 g/mol. The van der Waals surface area contributed by atoms with Crippen LogP contribution in [0.2, 0.25) is 0 Å². The third kappa shape index (κ3) is 2.62. The predicted molar refractivity (Wildman–Crippen MR) is 41.0 cm³/mol. The number of rotatable bonds is 4. The second-order valence-corrected chi connectivity index (χ2v) is 7.39. The molecule has 0 fully saturated rings. The molecule has 0 radical (unpaired) electrons. The summed E-state index contributed by atoms with van der Waals surface area (Å²) in [7, 11) is -10.2. The molecule has 0 aliphatic carbocycles. The molecule has 0 heterocycles. The maximum atomic E-state index is 10.9. The van der Waals surface area contributed by atoms with E-state index in [1.807, 2.05) is 0 Å². The molecule has 0 saturated heterocycles. The first kappa shape index (κ1) is 13.3. The molecule has 0 saturated carbocycles. The average molecular weight is 229 g/mol. The van der Waals surface area contributed by atoms with Crippen molar-refractivity contribution in [3.05, 3.63) is 0 Å². The average Bonchev–Trinajstić information content (AvgIpc) is 1.82. The van der Waals surface area contributed by atoms with Crippen LogP contribution in [0.15, 0.2) is 0 Å². The highest BCUT2D eigenvalue weighted by Gasteiger charge is 2.37. The smallest absolute Gasteiger partial charge is 0.130 e. The van der Waals surface area contributed by atoms with Crippen LogP contribution in [0.4, 0.5) is 0 Å². The summed E-state index contributed by atoms with van der Waals surface area (Å²) in [5.74, 6) is 0. The Morgan fingerprint density at radius 2 is 1.69 bits per heavy atom. The molecule has 2 unspecified atom stereocenters. The van der Waals surface area contributed by atoms with Crippen LogP contribution in [0.25, 0.3) is 0 Å². The van der Waals surface area contributed by atoms with E-state index >= 15 is 0 Å². The molecule has 1 N–H and O–H groups in total. The molecular weight excluding hydrogens is 218 g/mol. The first-order chi connectivity index (χ1) is 5.56. The van der Waals surface area contributed by atoms with Crippen LogP contribution < -0.4 is 14.7 Å². The molecule has 0 aliphatic rings. The Morgan fingerprint density at radius 3 is 1.77 bits per heavy atom. The molecule has 6 nitrogen and oxygen atoms in total. The first-order valence-corrected chi connectivity index (χ1v) is 7.21. The summed E-state index contributed by atoms with van der Waals surface area (Å²) in [6.07, 6.45) is -0.500. The minimum Gasteiger partial charge on any atom is -0.808 e. The zero-order chi connectivity index (χ0) is 10.9. The Bertz CT molecular complexity index is 240. The maximum Gasteiger partial charge on any atom is 0.130 e. The lowest BCUT2D eigenvalue weighted by Gasteiger charge is -2.51. The summed E-state index contributed by atoms with van der Waals surface area (Å²) in [5.41, 5.74) is 0. The predicted octanol–water partition coefficient (Wildman–Crippen LogP) is -1.39. The van der Waals surface area contributed by atoms with Crippen LogP contribution in [0.1, 0.15) is 19.8 Å². The van der Waals surface area contributed by atoms with Crippen LogP contribution >= 0.6 is 15.0 Å². The summed E-state index contributed by atoms with van der Waals surface area (Å²) < 4.78 is 21.4. The van der Waals surface area contributed by atoms with Gasteiger partial charge in [0.25, 0.3) is 0 Å². The summed E-state index contributed by atoms with van der Waals surface area (Å²) in [6.45, 7) is 2.02. The maximum absolute atomic E-state index is 10.9. The van der Waals surface area contributed by atoms with Crippen LogP contribution in [0.5, 0.6) is 0 Å². The third-order valence-corrected chi connectivity index (χ3v) is 6.12. The van der Waals surface area contributed by atoms with Gasteiger partial charge in [-0.25, -0.2) is 0 Å². The van der Waals surface area contributed by atoms with Crippen molar-refractivity contribution in [3.8, 4) is 0 Å². The number of hydrogen-bond acceptors (Lipinski definition) is 6. The molecule has 0 amide bonds. The Labute approximate surface area is 76.2 Å². The van der Waals surface area contributed by atoms with Crippen molar-refractivity contribution in [3.63, 3.8) is 0 Å². The van der Waals surface area contributed by atoms with E-state index in [-0.39, 0.29) is 6.42 Å². The quantitative estimate of drug-likeness (QED) is 0.592. The van der Waals surface area contributed by atoms with Gasteiger partial charge in [0.15, 0.2) is 0 Å². The highest BCUT2D eigenvalue weighted by molar-refractivity contribution is 7.72. The van der Waals surface area contributed by atoms with E-state index in [2.05, 4.69) is 0 Å². The van der Waals surface area contributed by atoms with Gasteiger partial charge in [0.2, 0.25) is 0 Å². The molecule has 0 aliphatic heterocycles. The molecule has 2 atom stereocenters. The van der Waals surface area contributed by atoms with Crippen molar-refractivity contribution in [1.29, 1.82) is 0 Å². The van der Waals surface area contributed by atoms with Crippen LogP contribution in [0.3, 0.4) is 0 Å². The fourth-order valence-electron chi connectivity index (χ4n) is 0.898. The van der Waals surface area contributed by atoms with Crippen molar-refractivity contribution in [2.24, 2.45) is 0 Å². The lowest BCUT2D eigenvalue weighted by atomic mass is 10.3. The van der Waals surface area contributed by atoms with E-state index in [1.165, 1.54) is 6.92 Å². The molecular formula is C5H11O6P2-3. The SMILES string of the molecule is CCCC(O)(P(C)(=O)[O-])P(=O)([O-])[O-]. The Morgan fingerprint density at radius 1 is 1.31 bits per heavy atom. The normalized spacial score (nSPS) is 22.0. The third-order valence-electron chi connectivity index (χ3n) is 1.67. The molecule has 8 heteroatoms. The van der Waals surface area contributed by atoms with Gasteiger partial charge in [-0.2, -0.15) is 0 Å². The van der Waals surface area contributed by atoms with E-state index in [4.69, 9.17) is 0 Å². The summed E-state index contributed by atoms with van der Waals surface area (Å²) >= 11 is 0. The van der Waals surface area contributed by atoms with Gasteiger partial charge in [0.05, 0.1) is 0 Å². The number of aliphatic hydroxyl groups is 1. The minimum atomic E-state index is -5.55. The van der Waals surface area contributed by atoms with E-state index in [1.54, 1.807) is 0 Å². The molecule has 80 valence electrons. The Hall–Kier alpha value is 0.300. The van der Waals surface area contributed by atoms with Crippen molar-refractivity contribution in [1.82, 2.24) is 0 Å². The fraction of sp³-hybridized carbons (Fsp3) is 1.00. The zero-order valence-electron chi connectivity index (χ0n) is 7.30. The second kappa shape index (κ2) is 3.81. The van der Waals surface area contributed by atoms with E-state index < -0.39 is 26.5 Å². The highest BCUT2D eigenvalue weighted by atomic mass is 31.2. The Balaban J connectivity index is 5.22. The van der Waals surface area contributed by atoms with Crippen molar-refractivity contribution in [2.45, 2.75) is 24.8 Å². The largest absolute Gasteiger partial charge is 0.808 e. The van der Waals surface area contributed by atoms with Gasteiger partial charge < -0.3 is 28.9 Å². The van der Waals surface area contributed by atoms with E-state index in [0.29, 0.717) is 6.66 Å².